The van der Waals surface area contributed by atoms with E-state index in [0.29, 0.717) is 10.7 Å². The van der Waals surface area contributed by atoms with Crippen molar-refractivity contribution in [2.24, 2.45) is 0 Å². The first kappa shape index (κ1) is 13.9. The minimum atomic E-state index is -0.384. The number of aromatic hydroxyl groups is 1. The summed E-state index contributed by atoms with van der Waals surface area (Å²) in [5.41, 5.74) is 1.91. The molecule has 0 aliphatic carbocycles. The molecule has 1 amide bonds. The maximum absolute atomic E-state index is 12.0. The zero-order chi connectivity index (χ0) is 14.0. The van der Waals surface area contributed by atoms with Gasteiger partial charge >= 0.3 is 0 Å². The Balaban J connectivity index is 2.23. The van der Waals surface area contributed by atoms with E-state index in [1.54, 1.807) is 18.2 Å². The van der Waals surface area contributed by atoms with Crippen molar-refractivity contribution in [1.82, 2.24) is 0 Å². The van der Waals surface area contributed by atoms with Gasteiger partial charge in [0.05, 0.1) is 5.56 Å². The van der Waals surface area contributed by atoms with Crippen LogP contribution in [-0.2, 0) is 0 Å². The number of benzene rings is 2. The third kappa shape index (κ3) is 3.28. The summed E-state index contributed by atoms with van der Waals surface area (Å²) in [6.45, 7) is 1.96. The molecule has 19 heavy (non-hydrogen) atoms. The molecule has 2 rings (SSSR count). The number of hydrogen-bond donors (Lipinski definition) is 2. The fraction of sp³-hybridized carbons (Fsp3) is 0.0714. The second-order valence-corrected chi connectivity index (χ2v) is 5.37. The molecule has 2 N–H and O–H groups in total. The van der Waals surface area contributed by atoms with Gasteiger partial charge in [0, 0.05) is 15.2 Å². The summed E-state index contributed by atoms with van der Waals surface area (Å²) in [4.78, 5) is 12.0. The number of hydrogen-bond acceptors (Lipinski definition) is 2. The predicted molar refractivity (Wildman–Crippen MR) is 79.9 cm³/mol. The predicted octanol–water partition coefficient (Wildman–Crippen LogP) is 4.37. The van der Waals surface area contributed by atoms with Crippen LogP contribution >= 0.6 is 27.5 Å². The molecule has 2 aromatic rings. The third-order valence-electron chi connectivity index (χ3n) is 2.63. The van der Waals surface area contributed by atoms with Crippen molar-refractivity contribution >= 4 is 39.1 Å². The average molecular weight is 341 g/mol. The topological polar surface area (TPSA) is 49.3 Å². The van der Waals surface area contributed by atoms with E-state index in [1.165, 1.54) is 12.1 Å². The highest BCUT2D eigenvalue weighted by Crippen LogP contribution is 2.24. The Bertz CT molecular complexity index is 643. The molecule has 0 aliphatic rings. The fourth-order valence-electron chi connectivity index (χ4n) is 1.57. The van der Waals surface area contributed by atoms with Crippen LogP contribution < -0.4 is 5.32 Å². The maximum atomic E-state index is 12.0. The fourth-order valence-corrected chi connectivity index (χ4v) is 2.11. The van der Waals surface area contributed by atoms with E-state index in [4.69, 9.17) is 11.6 Å². The Morgan fingerprint density at radius 1 is 1.26 bits per heavy atom. The lowest BCUT2D eigenvalue weighted by Crippen LogP contribution is -2.12. The molecular formula is C14H11BrClNO2. The lowest BCUT2D eigenvalue weighted by atomic mass is 10.1. The van der Waals surface area contributed by atoms with E-state index in [0.717, 1.165) is 10.0 Å². The Kier molecular flexibility index (Phi) is 4.12. The van der Waals surface area contributed by atoms with Crippen LogP contribution in [0.5, 0.6) is 5.75 Å². The van der Waals surface area contributed by atoms with Gasteiger partial charge in [-0.3, -0.25) is 4.79 Å². The number of anilines is 1. The van der Waals surface area contributed by atoms with Gasteiger partial charge in [0.25, 0.3) is 5.91 Å². The minimum Gasteiger partial charge on any atom is -0.507 e. The summed E-state index contributed by atoms with van der Waals surface area (Å²) >= 11 is 9.12. The summed E-state index contributed by atoms with van der Waals surface area (Å²) in [5, 5.41) is 12.8. The maximum Gasteiger partial charge on any atom is 0.259 e. The Morgan fingerprint density at radius 2 is 2.00 bits per heavy atom. The molecule has 0 unspecified atom stereocenters. The first-order chi connectivity index (χ1) is 8.97. The van der Waals surface area contributed by atoms with Crippen LogP contribution in [0.3, 0.4) is 0 Å². The average Bonchev–Trinajstić information content (AvgIpc) is 2.33. The van der Waals surface area contributed by atoms with Crippen LogP contribution in [-0.4, -0.2) is 11.0 Å². The van der Waals surface area contributed by atoms with Gasteiger partial charge in [0.1, 0.15) is 5.75 Å². The number of nitrogens with one attached hydrogen (secondary N) is 1. The van der Waals surface area contributed by atoms with Gasteiger partial charge in [-0.15, -0.1) is 0 Å². The molecular weight excluding hydrogens is 330 g/mol. The Hall–Kier alpha value is -1.52. The van der Waals surface area contributed by atoms with E-state index in [-0.39, 0.29) is 17.2 Å². The molecule has 0 aliphatic heterocycles. The SMILES string of the molecule is Cc1ccc(NC(=O)c2ccc(Cl)cc2O)cc1Br. The number of halogens is 2. The van der Waals surface area contributed by atoms with Crippen LogP contribution in [0.1, 0.15) is 15.9 Å². The van der Waals surface area contributed by atoms with Gasteiger partial charge < -0.3 is 10.4 Å². The van der Waals surface area contributed by atoms with Gasteiger partial charge in [0.15, 0.2) is 0 Å². The van der Waals surface area contributed by atoms with Crippen molar-refractivity contribution in [2.75, 3.05) is 5.32 Å². The second-order valence-electron chi connectivity index (χ2n) is 4.08. The van der Waals surface area contributed by atoms with E-state index in [9.17, 15) is 9.90 Å². The lowest BCUT2D eigenvalue weighted by Gasteiger charge is -2.08. The highest BCUT2D eigenvalue weighted by molar-refractivity contribution is 9.10. The Labute approximate surface area is 124 Å². The van der Waals surface area contributed by atoms with Crippen molar-refractivity contribution in [3.8, 4) is 5.75 Å². The van der Waals surface area contributed by atoms with Gasteiger partial charge in [-0.05, 0) is 42.8 Å². The minimum absolute atomic E-state index is 0.142. The largest absolute Gasteiger partial charge is 0.507 e. The zero-order valence-electron chi connectivity index (χ0n) is 10.1. The molecule has 0 saturated carbocycles. The molecule has 2 aromatic carbocycles. The molecule has 0 fully saturated rings. The first-order valence-electron chi connectivity index (χ1n) is 5.53. The summed E-state index contributed by atoms with van der Waals surface area (Å²) in [7, 11) is 0. The van der Waals surface area contributed by atoms with Crippen LogP contribution in [0, 0.1) is 6.92 Å². The van der Waals surface area contributed by atoms with Gasteiger partial charge in [-0.1, -0.05) is 33.6 Å². The van der Waals surface area contributed by atoms with Gasteiger partial charge in [-0.2, -0.15) is 0 Å². The number of amides is 1. The summed E-state index contributed by atoms with van der Waals surface area (Å²) < 4.78 is 0.908. The molecule has 0 aromatic heterocycles. The van der Waals surface area contributed by atoms with Crippen LogP contribution in [0.4, 0.5) is 5.69 Å². The highest BCUT2D eigenvalue weighted by Gasteiger charge is 2.12. The van der Waals surface area contributed by atoms with Crippen LogP contribution in [0.15, 0.2) is 40.9 Å². The quantitative estimate of drug-likeness (QED) is 0.853. The van der Waals surface area contributed by atoms with Gasteiger partial charge in [-0.25, -0.2) is 0 Å². The van der Waals surface area contributed by atoms with Crippen LogP contribution in [0.25, 0.3) is 0 Å². The molecule has 0 atom stereocenters. The van der Waals surface area contributed by atoms with Gasteiger partial charge in [0.2, 0.25) is 0 Å². The van der Waals surface area contributed by atoms with Crippen molar-refractivity contribution in [3.63, 3.8) is 0 Å². The van der Waals surface area contributed by atoms with E-state index in [1.807, 2.05) is 13.0 Å². The smallest absolute Gasteiger partial charge is 0.259 e. The van der Waals surface area contributed by atoms with Crippen molar-refractivity contribution < 1.29 is 9.90 Å². The summed E-state index contributed by atoms with van der Waals surface area (Å²) in [6, 6.07) is 9.87. The monoisotopic (exact) mass is 339 g/mol. The van der Waals surface area contributed by atoms with Crippen LogP contribution in [0.2, 0.25) is 5.02 Å². The normalized spacial score (nSPS) is 10.3. The number of phenols is 1. The second kappa shape index (κ2) is 5.63. The van der Waals surface area contributed by atoms with Crippen molar-refractivity contribution in [3.05, 3.63) is 57.0 Å². The van der Waals surface area contributed by atoms with E-state index >= 15 is 0 Å². The van der Waals surface area contributed by atoms with Crippen molar-refractivity contribution in [1.29, 1.82) is 0 Å². The lowest BCUT2D eigenvalue weighted by molar-refractivity contribution is 0.102. The highest BCUT2D eigenvalue weighted by atomic mass is 79.9. The Morgan fingerprint density at radius 3 is 2.63 bits per heavy atom. The summed E-state index contributed by atoms with van der Waals surface area (Å²) in [5.74, 6) is -0.527. The number of rotatable bonds is 2. The molecule has 0 radical (unpaired) electrons. The molecule has 3 nitrogen and oxygen atoms in total. The molecule has 0 spiro atoms. The number of phenolic OH excluding ortho intramolecular Hbond substituents is 1. The standard InChI is InChI=1S/C14H11BrClNO2/c1-8-2-4-10(7-12(8)15)17-14(19)11-5-3-9(16)6-13(11)18/h2-7,18H,1H3,(H,17,19). The molecule has 0 saturated heterocycles. The molecule has 0 heterocycles. The third-order valence-corrected chi connectivity index (χ3v) is 3.72. The summed E-state index contributed by atoms with van der Waals surface area (Å²) in [6.07, 6.45) is 0. The van der Waals surface area contributed by atoms with E-state index < -0.39 is 0 Å². The van der Waals surface area contributed by atoms with E-state index in [2.05, 4.69) is 21.2 Å². The number of carbonyl (C=O) groups is 1. The molecule has 98 valence electrons. The molecule has 5 heteroatoms. The zero-order valence-corrected chi connectivity index (χ0v) is 12.4. The number of carbonyl (C=O) groups excluding carboxylic acids is 1. The van der Waals surface area contributed by atoms with Crippen molar-refractivity contribution in [2.45, 2.75) is 6.92 Å². The molecule has 0 bridgehead atoms. The number of aryl methyl sites for hydroxylation is 1. The first-order valence-corrected chi connectivity index (χ1v) is 6.70.